The number of ether oxygens (including phenoxy) is 1. The Bertz CT molecular complexity index is 842. The first kappa shape index (κ1) is 20.3. The average Bonchev–Trinajstić information content (AvgIpc) is 2.66. The molecule has 2 aromatic rings. The Balaban J connectivity index is 1.82. The second-order valence-electron chi connectivity index (χ2n) is 5.95. The number of benzene rings is 1. The van der Waals surface area contributed by atoms with Crippen molar-refractivity contribution in [3.8, 4) is 5.75 Å². The molecule has 1 saturated heterocycles. The van der Waals surface area contributed by atoms with Gasteiger partial charge in [-0.25, -0.2) is 5.43 Å². The van der Waals surface area contributed by atoms with E-state index < -0.39 is 0 Å². The van der Waals surface area contributed by atoms with E-state index in [2.05, 4.69) is 75.6 Å². The predicted octanol–water partition coefficient (Wildman–Crippen LogP) is 2.13. The summed E-state index contributed by atoms with van der Waals surface area (Å²) < 4.78 is 7.17. The van der Waals surface area contributed by atoms with E-state index in [1.165, 1.54) is 0 Å². The molecule has 2 heterocycles. The first-order valence-corrected chi connectivity index (χ1v) is 10.3. The third-order valence-corrected chi connectivity index (χ3v) is 5.18. The molecule has 0 spiro atoms. The number of nitrogens with one attached hydrogen (secondary N) is 1. The van der Waals surface area contributed by atoms with Gasteiger partial charge in [0.25, 0.3) is 0 Å². The Kier molecular flexibility index (Phi) is 6.86. The first-order chi connectivity index (χ1) is 12.9. The van der Waals surface area contributed by atoms with Crippen molar-refractivity contribution in [3.05, 3.63) is 24.8 Å². The number of hydrogen-bond acceptors (Lipinski definition) is 9. The zero-order valence-electron chi connectivity index (χ0n) is 14.9. The van der Waals surface area contributed by atoms with Crippen LogP contribution in [0.5, 0.6) is 5.75 Å². The van der Waals surface area contributed by atoms with E-state index in [1.54, 1.807) is 6.21 Å². The molecule has 1 aromatic heterocycles. The molecule has 144 valence electrons. The quantitative estimate of drug-likeness (QED) is 0.309. The van der Waals surface area contributed by atoms with Crippen molar-refractivity contribution in [1.82, 2.24) is 15.0 Å². The molecule has 1 aliphatic heterocycles. The number of phenols is 1. The van der Waals surface area contributed by atoms with Crippen molar-refractivity contribution in [2.75, 3.05) is 55.6 Å². The highest BCUT2D eigenvalue weighted by Crippen LogP contribution is 2.25. The van der Waals surface area contributed by atoms with E-state index in [-0.39, 0.29) is 5.75 Å². The molecule has 1 fully saturated rings. The van der Waals surface area contributed by atoms with Gasteiger partial charge in [0.05, 0.1) is 23.0 Å². The first-order valence-electron chi connectivity index (χ1n) is 8.17. The lowest BCUT2D eigenvalue weighted by Gasteiger charge is -2.27. The van der Waals surface area contributed by atoms with Crippen LogP contribution in [0.4, 0.5) is 17.8 Å². The number of anilines is 3. The number of hydrogen-bond donors (Lipinski definition) is 2. The summed E-state index contributed by atoms with van der Waals surface area (Å²) in [5, 5.41) is 14.3. The zero-order valence-corrected chi connectivity index (χ0v) is 19.2. The normalized spacial score (nSPS) is 14.6. The summed E-state index contributed by atoms with van der Waals surface area (Å²) in [5.41, 5.74) is 3.46. The van der Waals surface area contributed by atoms with Crippen LogP contribution in [0, 0.1) is 7.14 Å². The van der Waals surface area contributed by atoms with Gasteiger partial charge in [-0.1, -0.05) is 0 Å². The van der Waals surface area contributed by atoms with Crippen LogP contribution >= 0.6 is 45.2 Å². The highest BCUT2D eigenvalue weighted by Gasteiger charge is 2.17. The van der Waals surface area contributed by atoms with Crippen LogP contribution < -0.4 is 15.2 Å². The molecule has 3 rings (SSSR count). The summed E-state index contributed by atoms with van der Waals surface area (Å²) in [6, 6.07) is 3.74. The molecule has 1 aromatic carbocycles. The minimum atomic E-state index is 0.195. The lowest BCUT2D eigenvalue weighted by Crippen LogP contribution is -2.37. The average molecular weight is 595 g/mol. The fourth-order valence-corrected chi connectivity index (χ4v) is 4.24. The van der Waals surface area contributed by atoms with E-state index in [1.807, 2.05) is 31.1 Å². The Morgan fingerprint density at radius 2 is 1.96 bits per heavy atom. The van der Waals surface area contributed by atoms with Gasteiger partial charge in [-0.2, -0.15) is 20.1 Å². The Morgan fingerprint density at radius 3 is 2.67 bits per heavy atom. The van der Waals surface area contributed by atoms with Crippen LogP contribution in [0.25, 0.3) is 0 Å². The number of hydrazone groups is 1. The second kappa shape index (κ2) is 9.14. The van der Waals surface area contributed by atoms with Gasteiger partial charge in [-0.05, 0) is 57.3 Å². The highest BCUT2D eigenvalue weighted by atomic mass is 127. The van der Waals surface area contributed by atoms with Crippen molar-refractivity contribution in [2.45, 2.75) is 0 Å². The van der Waals surface area contributed by atoms with E-state index >= 15 is 0 Å². The fourth-order valence-electron chi connectivity index (χ4n) is 2.35. The molecule has 1 aliphatic rings. The molecular weight excluding hydrogens is 576 g/mol. The van der Waals surface area contributed by atoms with Crippen molar-refractivity contribution in [2.24, 2.45) is 5.10 Å². The molecule has 0 bridgehead atoms. The summed E-state index contributed by atoms with van der Waals surface area (Å²) >= 11 is 4.29. The zero-order chi connectivity index (χ0) is 19.4. The maximum absolute atomic E-state index is 10.2. The Hall–Kier alpha value is -1.48. The number of morpholine rings is 1. The number of nitrogens with zero attached hydrogens (tertiary/aromatic N) is 6. The molecular formula is C16H19I2N7O2. The summed E-state index contributed by atoms with van der Waals surface area (Å²) in [6.07, 6.45) is 1.55. The van der Waals surface area contributed by atoms with Crippen LogP contribution in [0.1, 0.15) is 5.56 Å². The number of phenolic OH excluding ortho intramolecular Hbond substituents is 1. The largest absolute Gasteiger partial charge is 0.506 e. The van der Waals surface area contributed by atoms with Crippen LogP contribution in [0.2, 0.25) is 0 Å². The van der Waals surface area contributed by atoms with Gasteiger partial charge in [0, 0.05) is 36.3 Å². The van der Waals surface area contributed by atoms with Crippen molar-refractivity contribution >= 4 is 69.2 Å². The van der Waals surface area contributed by atoms with Gasteiger partial charge in [-0.3, -0.25) is 0 Å². The molecule has 9 nitrogen and oxygen atoms in total. The van der Waals surface area contributed by atoms with Crippen molar-refractivity contribution in [3.63, 3.8) is 0 Å². The minimum absolute atomic E-state index is 0.195. The molecule has 0 atom stereocenters. The molecule has 11 heteroatoms. The van der Waals surface area contributed by atoms with Crippen molar-refractivity contribution < 1.29 is 9.84 Å². The molecule has 0 unspecified atom stereocenters. The summed E-state index contributed by atoms with van der Waals surface area (Å²) in [5.74, 6) is 1.66. The van der Waals surface area contributed by atoms with E-state index in [0.717, 1.165) is 20.2 Å². The minimum Gasteiger partial charge on any atom is -0.506 e. The van der Waals surface area contributed by atoms with Crippen LogP contribution in [-0.4, -0.2) is 66.7 Å². The Labute approximate surface area is 184 Å². The summed E-state index contributed by atoms with van der Waals surface area (Å²) in [7, 11) is 3.74. The predicted molar refractivity (Wildman–Crippen MR) is 122 cm³/mol. The van der Waals surface area contributed by atoms with Gasteiger partial charge < -0.3 is 19.6 Å². The Morgan fingerprint density at radius 1 is 1.22 bits per heavy atom. The van der Waals surface area contributed by atoms with Crippen LogP contribution in [0.3, 0.4) is 0 Å². The second-order valence-corrected chi connectivity index (χ2v) is 8.36. The number of aromatic hydroxyl groups is 1. The van der Waals surface area contributed by atoms with Gasteiger partial charge in [-0.15, -0.1) is 0 Å². The van der Waals surface area contributed by atoms with Crippen LogP contribution in [0.15, 0.2) is 17.2 Å². The molecule has 2 N–H and O–H groups in total. The van der Waals surface area contributed by atoms with Gasteiger partial charge >= 0.3 is 0 Å². The fraction of sp³-hybridized carbons (Fsp3) is 0.375. The standard InChI is InChI=1S/C16H19I2N7O2/c1-24(2)15-20-14(21-16(22-15)25-3-5-27-6-4-25)23-19-9-10-7-11(17)8-12(18)13(10)26/h7-9,26H,3-6H2,1-2H3,(H,20,21,22,23)/b19-9-. The topological polar surface area (TPSA) is 99.0 Å². The smallest absolute Gasteiger partial charge is 0.250 e. The van der Waals surface area contributed by atoms with Gasteiger partial charge in [0.2, 0.25) is 17.8 Å². The lowest BCUT2D eigenvalue weighted by atomic mass is 10.2. The van der Waals surface area contributed by atoms with Gasteiger partial charge in [0.15, 0.2) is 0 Å². The monoisotopic (exact) mass is 595 g/mol. The van der Waals surface area contributed by atoms with E-state index in [0.29, 0.717) is 36.6 Å². The molecule has 27 heavy (non-hydrogen) atoms. The van der Waals surface area contributed by atoms with E-state index in [4.69, 9.17) is 4.74 Å². The third kappa shape index (κ3) is 5.28. The number of rotatable bonds is 5. The molecule has 0 radical (unpaired) electrons. The third-order valence-electron chi connectivity index (χ3n) is 3.73. The van der Waals surface area contributed by atoms with E-state index in [9.17, 15) is 5.11 Å². The van der Waals surface area contributed by atoms with Crippen LogP contribution in [-0.2, 0) is 4.74 Å². The molecule has 0 amide bonds. The molecule has 0 saturated carbocycles. The van der Waals surface area contributed by atoms with Gasteiger partial charge in [0.1, 0.15) is 5.75 Å². The highest BCUT2D eigenvalue weighted by molar-refractivity contribution is 14.1. The number of halogens is 2. The summed E-state index contributed by atoms with van der Waals surface area (Å²) in [4.78, 5) is 17.2. The SMILES string of the molecule is CN(C)c1nc(N/N=C\c2cc(I)cc(I)c2O)nc(N2CCOCC2)n1. The van der Waals surface area contributed by atoms with Crippen molar-refractivity contribution in [1.29, 1.82) is 0 Å². The lowest BCUT2D eigenvalue weighted by molar-refractivity contribution is 0.122. The maximum atomic E-state index is 10.2. The molecule has 0 aliphatic carbocycles. The summed E-state index contributed by atoms with van der Waals surface area (Å²) in [6.45, 7) is 2.76. The number of aromatic nitrogens is 3. The maximum Gasteiger partial charge on any atom is 0.250 e.